The van der Waals surface area contributed by atoms with Crippen LogP contribution in [0, 0.1) is 12.3 Å². The van der Waals surface area contributed by atoms with Crippen LogP contribution >= 0.6 is 11.3 Å². The first-order valence-electron chi connectivity index (χ1n) is 6.47. The highest BCUT2D eigenvalue weighted by atomic mass is 32.1. The lowest BCUT2D eigenvalue weighted by atomic mass is 10.1. The summed E-state index contributed by atoms with van der Waals surface area (Å²) in [5, 5.41) is 12.6. The van der Waals surface area contributed by atoms with Crippen LogP contribution in [-0.4, -0.2) is 15.6 Å². The van der Waals surface area contributed by atoms with Crippen molar-refractivity contribution in [3.8, 4) is 5.69 Å². The van der Waals surface area contributed by atoms with Gasteiger partial charge in [0.1, 0.15) is 0 Å². The summed E-state index contributed by atoms with van der Waals surface area (Å²) in [6, 6.07) is 16.7. The molecule has 0 aliphatic carbocycles. The first-order chi connectivity index (χ1) is 10.1. The SMILES string of the molecule is Cc1cccc(-n2nc(C(=O)c3ccccc3)sc2=N)c1. The quantitative estimate of drug-likeness (QED) is 0.755. The summed E-state index contributed by atoms with van der Waals surface area (Å²) in [4.78, 5) is 12.6. The molecule has 21 heavy (non-hydrogen) atoms. The molecule has 0 atom stereocenters. The fourth-order valence-corrected chi connectivity index (χ4v) is 2.78. The Hall–Kier alpha value is -2.53. The minimum Gasteiger partial charge on any atom is -0.286 e. The van der Waals surface area contributed by atoms with E-state index in [1.807, 2.05) is 49.4 Å². The van der Waals surface area contributed by atoms with Crippen LogP contribution in [0.4, 0.5) is 0 Å². The molecule has 0 spiro atoms. The summed E-state index contributed by atoms with van der Waals surface area (Å²) in [5.41, 5.74) is 2.47. The molecular weight excluding hydrogens is 282 g/mol. The van der Waals surface area contributed by atoms with E-state index < -0.39 is 0 Å². The Morgan fingerprint density at radius 2 is 1.90 bits per heavy atom. The summed E-state index contributed by atoms with van der Waals surface area (Å²) in [7, 11) is 0. The molecule has 0 fully saturated rings. The summed E-state index contributed by atoms with van der Waals surface area (Å²) in [5.74, 6) is -0.152. The van der Waals surface area contributed by atoms with Crippen LogP contribution in [0.5, 0.6) is 0 Å². The molecule has 0 aliphatic heterocycles. The van der Waals surface area contributed by atoms with E-state index in [4.69, 9.17) is 5.41 Å². The van der Waals surface area contributed by atoms with Crippen LogP contribution in [-0.2, 0) is 0 Å². The number of nitrogens with zero attached hydrogens (tertiary/aromatic N) is 2. The minimum atomic E-state index is -0.152. The molecular formula is C16H13N3OS. The van der Waals surface area contributed by atoms with Gasteiger partial charge in [-0.3, -0.25) is 10.2 Å². The second-order valence-electron chi connectivity index (χ2n) is 4.66. The fourth-order valence-electron chi connectivity index (χ4n) is 2.03. The van der Waals surface area contributed by atoms with Crippen molar-refractivity contribution in [2.45, 2.75) is 6.92 Å². The zero-order chi connectivity index (χ0) is 14.8. The summed E-state index contributed by atoms with van der Waals surface area (Å²) in [6.45, 7) is 1.98. The molecule has 0 saturated heterocycles. The first kappa shape index (κ1) is 13.5. The van der Waals surface area contributed by atoms with Crippen LogP contribution < -0.4 is 4.80 Å². The fraction of sp³-hybridized carbons (Fsp3) is 0.0625. The molecule has 3 aromatic rings. The topological polar surface area (TPSA) is 58.7 Å². The number of carbonyl (C=O) groups excluding carboxylic acids is 1. The van der Waals surface area contributed by atoms with E-state index >= 15 is 0 Å². The number of ketones is 1. The number of aryl methyl sites for hydroxylation is 1. The van der Waals surface area contributed by atoms with Gasteiger partial charge in [0.05, 0.1) is 5.69 Å². The lowest BCUT2D eigenvalue weighted by Crippen LogP contribution is -2.12. The molecule has 0 saturated carbocycles. The smallest absolute Gasteiger partial charge is 0.223 e. The third-order valence-corrected chi connectivity index (χ3v) is 3.88. The van der Waals surface area contributed by atoms with Crippen LogP contribution in [0.3, 0.4) is 0 Å². The van der Waals surface area contributed by atoms with Crippen LogP contribution in [0.15, 0.2) is 54.6 Å². The molecule has 1 heterocycles. The van der Waals surface area contributed by atoms with Gasteiger partial charge in [-0.2, -0.15) is 5.10 Å². The molecule has 2 aromatic carbocycles. The molecule has 3 rings (SSSR count). The molecule has 0 unspecified atom stereocenters. The van der Waals surface area contributed by atoms with E-state index in [9.17, 15) is 4.79 Å². The predicted molar refractivity (Wildman–Crippen MR) is 81.9 cm³/mol. The molecule has 0 aliphatic rings. The van der Waals surface area contributed by atoms with E-state index in [1.165, 1.54) is 4.68 Å². The number of benzene rings is 2. The molecule has 0 amide bonds. The minimum absolute atomic E-state index is 0.152. The van der Waals surface area contributed by atoms with Crippen LogP contribution in [0.25, 0.3) is 5.69 Å². The number of rotatable bonds is 3. The second-order valence-corrected chi connectivity index (χ2v) is 5.64. The van der Waals surface area contributed by atoms with Gasteiger partial charge in [0, 0.05) is 5.56 Å². The van der Waals surface area contributed by atoms with Crippen molar-refractivity contribution < 1.29 is 4.79 Å². The Balaban J connectivity index is 2.03. The molecule has 0 bridgehead atoms. The zero-order valence-electron chi connectivity index (χ0n) is 11.4. The van der Waals surface area contributed by atoms with E-state index in [0.717, 1.165) is 22.6 Å². The molecule has 5 heteroatoms. The number of hydrogen-bond donors (Lipinski definition) is 1. The highest BCUT2D eigenvalue weighted by molar-refractivity contribution is 7.11. The summed E-state index contributed by atoms with van der Waals surface area (Å²) >= 11 is 1.09. The normalized spacial score (nSPS) is 10.5. The van der Waals surface area contributed by atoms with Gasteiger partial charge in [-0.15, -0.1) is 0 Å². The lowest BCUT2D eigenvalue weighted by Gasteiger charge is -2.01. The molecule has 1 N–H and O–H groups in total. The van der Waals surface area contributed by atoms with Crippen molar-refractivity contribution in [3.05, 3.63) is 75.5 Å². The van der Waals surface area contributed by atoms with E-state index in [1.54, 1.807) is 12.1 Å². The lowest BCUT2D eigenvalue weighted by molar-refractivity contribution is 0.103. The number of hydrogen-bond acceptors (Lipinski definition) is 4. The first-order valence-corrected chi connectivity index (χ1v) is 7.28. The van der Waals surface area contributed by atoms with Crippen molar-refractivity contribution in [2.75, 3.05) is 0 Å². The van der Waals surface area contributed by atoms with Crippen molar-refractivity contribution in [1.82, 2.24) is 9.78 Å². The van der Waals surface area contributed by atoms with Crippen molar-refractivity contribution in [2.24, 2.45) is 0 Å². The Labute approximate surface area is 125 Å². The van der Waals surface area contributed by atoms with E-state index in [2.05, 4.69) is 5.10 Å². The largest absolute Gasteiger partial charge is 0.286 e. The van der Waals surface area contributed by atoms with Gasteiger partial charge in [0.25, 0.3) is 0 Å². The Kier molecular flexibility index (Phi) is 3.50. The van der Waals surface area contributed by atoms with Gasteiger partial charge in [-0.25, -0.2) is 4.68 Å². The van der Waals surface area contributed by atoms with Gasteiger partial charge >= 0.3 is 0 Å². The molecule has 1 aromatic heterocycles. The Morgan fingerprint density at radius 3 is 2.62 bits per heavy atom. The third kappa shape index (κ3) is 2.68. The number of nitrogens with one attached hydrogen (secondary N) is 1. The van der Waals surface area contributed by atoms with Crippen LogP contribution in [0.2, 0.25) is 0 Å². The standard InChI is InChI=1S/C16H13N3OS/c1-11-6-5-9-13(10-11)19-16(17)21-15(18-19)14(20)12-7-3-2-4-8-12/h2-10,17H,1H3. The average molecular weight is 295 g/mol. The maximum atomic E-state index is 12.4. The number of carbonyl (C=O) groups is 1. The Bertz CT molecular complexity index is 849. The van der Waals surface area contributed by atoms with E-state index in [0.29, 0.717) is 10.6 Å². The molecule has 0 radical (unpaired) electrons. The maximum absolute atomic E-state index is 12.4. The highest BCUT2D eigenvalue weighted by Crippen LogP contribution is 2.12. The van der Waals surface area contributed by atoms with Gasteiger partial charge in [0.2, 0.25) is 10.6 Å². The Morgan fingerprint density at radius 1 is 1.14 bits per heavy atom. The summed E-state index contributed by atoms with van der Waals surface area (Å²) in [6.07, 6.45) is 0. The molecule has 4 nitrogen and oxygen atoms in total. The average Bonchev–Trinajstić information content (AvgIpc) is 2.89. The second kappa shape index (κ2) is 5.46. The predicted octanol–water partition coefficient (Wildman–Crippen LogP) is 2.95. The van der Waals surface area contributed by atoms with Gasteiger partial charge < -0.3 is 0 Å². The van der Waals surface area contributed by atoms with Crippen molar-refractivity contribution in [3.63, 3.8) is 0 Å². The van der Waals surface area contributed by atoms with Crippen molar-refractivity contribution in [1.29, 1.82) is 5.41 Å². The van der Waals surface area contributed by atoms with Gasteiger partial charge in [-0.05, 0) is 24.6 Å². The third-order valence-electron chi connectivity index (χ3n) is 3.05. The van der Waals surface area contributed by atoms with Gasteiger partial charge in [-0.1, -0.05) is 53.8 Å². The van der Waals surface area contributed by atoms with Gasteiger partial charge in [0.15, 0.2) is 5.01 Å². The van der Waals surface area contributed by atoms with Crippen LogP contribution in [0.1, 0.15) is 20.9 Å². The van der Waals surface area contributed by atoms with Crippen molar-refractivity contribution >= 4 is 17.1 Å². The highest BCUT2D eigenvalue weighted by Gasteiger charge is 2.15. The number of aromatic nitrogens is 2. The maximum Gasteiger partial charge on any atom is 0.223 e. The zero-order valence-corrected chi connectivity index (χ0v) is 12.2. The monoisotopic (exact) mass is 295 g/mol. The molecule has 104 valence electrons. The van der Waals surface area contributed by atoms with E-state index in [-0.39, 0.29) is 10.6 Å². The summed E-state index contributed by atoms with van der Waals surface area (Å²) < 4.78 is 1.49.